The maximum atomic E-state index is 2.43. The topological polar surface area (TPSA) is 0 Å². The fourth-order valence-electron chi connectivity index (χ4n) is 2.54. The number of hydrogen-bond acceptors (Lipinski definition) is 0. The number of benzene rings is 1. The second kappa shape index (κ2) is 3.12. The van der Waals surface area contributed by atoms with Gasteiger partial charge in [-0.15, -0.1) is 0 Å². The largest absolute Gasteiger partial charge is 0.0622 e. The molecule has 14 heavy (non-hydrogen) atoms. The van der Waals surface area contributed by atoms with E-state index in [0.29, 0.717) is 10.8 Å². The monoisotopic (exact) mass is 188 g/mol. The third-order valence-electron chi connectivity index (χ3n) is 4.46. The molecule has 0 aromatic heterocycles. The third-order valence-corrected chi connectivity index (χ3v) is 4.46. The second-order valence-electron chi connectivity index (χ2n) is 5.41. The summed E-state index contributed by atoms with van der Waals surface area (Å²) in [5.74, 6) is 0. The lowest BCUT2D eigenvalue weighted by molar-refractivity contribution is 0.0615. The van der Waals surface area contributed by atoms with Crippen LogP contribution in [0.15, 0.2) is 30.3 Å². The SMILES string of the molecule is CC1(C(C)(C)c2ccccc2)CCC1. The van der Waals surface area contributed by atoms with Crippen molar-refractivity contribution in [2.45, 2.75) is 45.4 Å². The van der Waals surface area contributed by atoms with Gasteiger partial charge in [-0.05, 0) is 29.2 Å². The minimum absolute atomic E-state index is 0.326. The lowest BCUT2D eigenvalue weighted by Gasteiger charge is -2.51. The van der Waals surface area contributed by atoms with Gasteiger partial charge in [0.25, 0.3) is 0 Å². The number of rotatable bonds is 2. The van der Waals surface area contributed by atoms with Crippen LogP contribution in [0.3, 0.4) is 0 Å². The van der Waals surface area contributed by atoms with E-state index in [1.807, 2.05) is 0 Å². The Labute approximate surface area is 87.3 Å². The Morgan fingerprint density at radius 1 is 1.07 bits per heavy atom. The minimum Gasteiger partial charge on any atom is -0.0622 e. The van der Waals surface area contributed by atoms with E-state index in [0.717, 1.165) is 0 Å². The Morgan fingerprint density at radius 2 is 1.64 bits per heavy atom. The van der Waals surface area contributed by atoms with Gasteiger partial charge in [0.05, 0.1) is 0 Å². The van der Waals surface area contributed by atoms with Crippen LogP contribution in [0, 0.1) is 5.41 Å². The van der Waals surface area contributed by atoms with Gasteiger partial charge >= 0.3 is 0 Å². The molecule has 0 atom stereocenters. The Bertz CT molecular complexity index is 304. The van der Waals surface area contributed by atoms with Crippen molar-refractivity contribution in [2.24, 2.45) is 5.41 Å². The van der Waals surface area contributed by atoms with Gasteiger partial charge in [0.1, 0.15) is 0 Å². The zero-order valence-corrected chi connectivity index (χ0v) is 9.51. The van der Waals surface area contributed by atoms with E-state index < -0.39 is 0 Å². The molecule has 1 fully saturated rings. The quantitative estimate of drug-likeness (QED) is 0.654. The first-order valence-electron chi connectivity index (χ1n) is 5.62. The maximum Gasteiger partial charge on any atom is -0.00498 e. The minimum atomic E-state index is 0.326. The molecule has 0 saturated heterocycles. The van der Waals surface area contributed by atoms with Gasteiger partial charge in [-0.3, -0.25) is 0 Å². The van der Waals surface area contributed by atoms with Gasteiger partial charge in [-0.25, -0.2) is 0 Å². The fourth-order valence-corrected chi connectivity index (χ4v) is 2.54. The average Bonchev–Trinajstić information content (AvgIpc) is 2.15. The summed E-state index contributed by atoms with van der Waals surface area (Å²) in [6, 6.07) is 10.9. The zero-order valence-electron chi connectivity index (χ0n) is 9.51. The molecule has 0 aliphatic heterocycles. The van der Waals surface area contributed by atoms with Crippen LogP contribution in [0.4, 0.5) is 0 Å². The van der Waals surface area contributed by atoms with Crippen LogP contribution >= 0.6 is 0 Å². The molecule has 1 aliphatic carbocycles. The average molecular weight is 188 g/mol. The first kappa shape index (κ1) is 9.76. The fraction of sp³-hybridized carbons (Fsp3) is 0.571. The highest BCUT2D eigenvalue weighted by molar-refractivity contribution is 5.27. The molecule has 0 radical (unpaired) electrons. The smallest absolute Gasteiger partial charge is 0.00498 e. The van der Waals surface area contributed by atoms with Crippen molar-refractivity contribution in [2.75, 3.05) is 0 Å². The molecule has 1 aromatic carbocycles. The van der Waals surface area contributed by atoms with Crippen molar-refractivity contribution < 1.29 is 0 Å². The van der Waals surface area contributed by atoms with Gasteiger partial charge in [-0.2, -0.15) is 0 Å². The molecule has 0 unspecified atom stereocenters. The Morgan fingerprint density at radius 3 is 2.07 bits per heavy atom. The normalized spacial score (nSPS) is 20.2. The van der Waals surface area contributed by atoms with E-state index in [4.69, 9.17) is 0 Å². The Kier molecular flexibility index (Phi) is 2.17. The molecule has 2 rings (SSSR count). The van der Waals surface area contributed by atoms with E-state index in [9.17, 15) is 0 Å². The molecule has 0 spiro atoms. The third kappa shape index (κ3) is 1.28. The second-order valence-corrected chi connectivity index (χ2v) is 5.41. The zero-order chi connectivity index (χ0) is 10.2. The van der Waals surface area contributed by atoms with E-state index in [1.54, 1.807) is 0 Å². The van der Waals surface area contributed by atoms with Crippen LogP contribution in [-0.4, -0.2) is 0 Å². The summed E-state index contributed by atoms with van der Waals surface area (Å²) in [5, 5.41) is 0. The van der Waals surface area contributed by atoms with Crippen molar-refractivity contribution in [3.05, 3.63) is 35.9 Å². The Hall–Kier alpha value is -0.780. The molecular weight excluding hydrogens is 168 g/mol. The van der Waals surface area contributed by atoms with Crippen LogP contribution in [0.1, 0.15) is 45.6 Å². The summed E-state index contributed by atoms with van der Waals surface area (Å²) in [4.78, 5) is 0. The highest BCUT2D eigenvalue weighted by Crippen LogP contribution is 2.54. The molecule has 0 heteroatoms. The lowest BCUT2D eigenvalue weighted by Crippen LogP contribution is -2.44. The first-order valence-corrected chi connectivity index (χ1v) is 5.62. The van der Waals surface area contributed by atoms with E-state index >= 15 is 0 Å². The van der Waals surface area contributed by atoms with Crippen LogP contribution in [0.5, 0.6) is 0 Å². The molecule has 0 nitrogen and oxygen atoms in total. The van der Waals surface area contributed by atoms with Crippen LogP contribution in [0.25, 0.3) is 0 Å². The first-order chi connectivity index (χ1) is 6.56. The van der Waals surface area contributed by atoms with Gasteiger partial charge < -0.3 is 0 Å². The van der Waals surface area contributed by atoms with Crippen molar-refractivity contribution in [3.63, 3.8) is 0 Å². The highest BCUT2D eigenvalue weighted by atomic mass is 14.5. The van der Waals surface area contributed by atoms with Gasteiger partial charge in [0.2, 0.25) is 0 Å². The van der Waals surface area contributed by atoms with Gasteiger partial charge in [-0.1, -0.05) is 57.5 Å². The summed E-state index contributed by atoms with van der Waals surface area (Å²) >= 11 is 0. The summed E-state index contributed by atoms with van der Waals surface area (Å²) in [5.41, 5.74) is 2.34. The van der Waals surface area contributed by atoms with Crippen LogP contribution in [-0.2, 0) is 5.41 Å². The lowest BCUT2D eigenvalue weighted by atomic mass is 9.53. The summed E-state index contributed by atoms with van der Waals surface area (Å²) in [7, 11) is 0. The highest BCUT2D eigenvalue weighted by Gasteiger charge is 2.45. The molecule has 1 aliphatic rings. The summed E-state index contributed by atoms with van der Waals surface area (Å²) in [6.45, 7) is 7.21. The summed E-state index contributed by atoms with van der Waals surface area (Å²) in [6.07, 6.45) is 4.18. The van der Waals surface area contributed by atoms with Gasteiger partial charge in [0.15, 0.2) is 0 Å². The molecular formula is C14H20. The molecule has 1 aromatic rings. The molecule has 76 valence electrons. The predicted octanol–water partition coefficient (Wildman–Crippen LogP) is 4.15. The molecule has 0 heterocycles. The van der Waals surface area contributed by atoms with Crippen LogP contribution in [0.2, 0.25) is 0 Å². The van der Waals surface area contributed by atoms with Crippen LogP contribution < -0.4 is 0 Å². The van der Waals surface area contributed by atoms with Crippen molar-refractivity contribution in [3.8, 4) is 0 Å². The van der Waals surface area contributed by atoms with E-state index in [1.165, 1.54) is 24.8 Å². The van der Waals surface area contributed by atoms with Crippen molar-refractivity contribution in [1.82, 2.24) is 0 Å². The molecule has 1 saturated carbocycles. The summed E-state index contributed by atoms with van der Waals surface area (Å²) < 4.78 is 0. The van der Waals surface area contributed by atoms with Gasteiger partial charge in [0, 0.05) is 0 Å². The maximum absolute atomic E-state index is 2.43. The standard InChI is InChI=1S/C14H20/c1-13(2,14(3)10-7-11-14)12-8-5-4-6-9-12/h4-6,8-9H,7,10-11H2,1-3H3. The van der Waals surface area contributed by atoms with E-state index in [2.05, 4.69) is 51.1 Å². The molecule has 0 N–H and O–H groups in total. The van der Waals surface area contributed by atoms with E-state index in [-0.39, 0.29) is 0 Å². The Balaban J connectivity index is 2.32. The molecule has 0 amide bonds. The number of hydrogen-bond donors (Lipinski definition) is 0. The molecule has 0 bridgehead atoms. The van der Waals surface area contributed by atoms with Crippen molar-refractivity contribution >= 4 is 0 Å². The predicted molar refractivity (Wildman–Crippen MR) is 61.4 cm³/mol. The van der Waals surface area contributed by atoms with Crippen molar-refractivity contribution in [1.29, 1.82) is 0 Å².